The summed E-state index contributed by atoms with van der Waals surface area (Å²) in [6.45, 7) is 3.88. The van der Waals surface area contributed by atoms with Gasteiger partial charge in [-0.15, -0.1) is 0 Å². The fraction of sp³-hybridized carbons (Fsp3) is 0.417. The van der Waals surface area contributed by atoms with Gasteiger partial charge in [-0.2, -0.15) is 0 Å². The van der Waals surface area contributed by atoms with Crippen LogP contribution in [0.15, 0.2) is 28.7 Å². The predicted molar refractivity (Wildman–Crippen MR) is 76.7 cm³/mol. The summed E-state index contributed by atoms with van der Waals surface area (Å²) >= 11 is 5.46. The molecule has 0 aliphatic heterocycles. The Bertz CT molecular complexity index is 349. The molecule has 0 saturated heterocycles. The highest BCUT2D eigenvalue weighted by atomic mass is 127. The van der Waals surface area contributed by atoms with Crippen LogP contribution in [0.25, 0.3) is 0 Å². The summed E-state index contributed by atoms with van der Waals surface area (Å²) < 4.78 is 6.09. The lowest BCUT2D eigenvalue weighted by Gasteiger charge is -2.12. The first kappa shape index (κ1) is 14.0. The van der Waals surface area contributed by atoms with Gasteiger partial charge in [-0.25, -0.2) is 0 Å². The molecular formula is C12H14BrIO2. The Morgan fingerprint density at radius 2 is 1.94 bits per heavy atom. The largest absolute Gasteiger partial charge is 0.452 e. The first-order valence-electron chi connectivity index (χ1n) is 5.08. The van der Waals surface area contributed by atoms with Gasteiger partial charge in [-0.05, 0) is 53.1 Å². The standard InChI is InChI=1S/C12H14BrIO2/c1-8(7-12(15)16-9(2)14)10-3-5-11(13)6-4-10/h3-6,8-9H,7H2,1-2H3/t8-,9?/m0/s1. The van der Waals surface area contributed by atoms with E-state index < -0.39 is 0 Å². The van der Waals surface area contributed by atoms with E-state index in [1.165, 1.54) is 0 Å². The van der Waals surface area contributed by atoms with E-state index >= 15 is 0 Å². The summed E-state index contributed by atoms with van der Waals surface area (Å²) in [5.41, 5.74) is 1.15. The highest BCUT2D eigenvalue weighted by Crippen LogP contribution is 2.22. The molecule has 16 heavy (non-hydrogen) atoms. The van der Waals surface area contributed by atoms with Gasteiger partial charge >= 0.3 is 5.97 Å². The molecular weight excluding hydrogens is 383 g/mol. The van der Waals surface area contributed by atoms with Gasteiger partial charge in [0.15, 0.2) is 0 Å². The molecule has 0 radical (unpaired) electrons. The lowest BCUT2D eigenvalue weighted by atomic mass is 9.98. The van der Waals surface area contributed by atoms with Crippen LogP contribution in [0.5, 0.6) is 0 Å². The van der Waals surface area contributed by atoms with E-state index in [-0.39, 0.29) is 16.0 Å². The Hall–Kier alpha value is -0.100. The van der Waals surface area contributed by atoms with E-state index in [1.54, 1.807) is 0 Å². The number of benzene rings is 1. The minimum Gasteiger partial charge on any atom is -0.452 e. The molecule has 0 aliphatic carbocycles. The number of carbonyl (C=O) groups is 1. The molecule has 0 spiro atoms. The van der Waals surface area contributed by atoms with E-state index in [1.807, 2.05) is 38.1 Å². The lowest BCUT2D eigenvalue weighted by Crippen LogP contribution is -2.11. The molecule has 0 bridgehead atoms. The van der Waals surface area contributed by atoms with Gasteiger partial charge in [-0.1, -0.05) is 35.0 Å². The third kappa shape index (κ3) is 4.82. The summed E-state index contributed by atoms with van der Waals surface area (Å²) in [6, 6.07) is 8.02. The molecule has 0 aliphatic rings. The molecule has 2 nitrogen and oxygen atoms in total. The Morgan fingerprint density at radius 1 is 1.38 bits per heavy atom. The molecule has 0 saturated carbocycles. The number of hydrogen-bond acceptors (Lipinski definition) is 2. The maximum absolute atomic E-state index is 11.5. The maximum atomic E-state index is 11.5. The van der Waals surface area contributed by atoms with Gasteiger partial charge in [0.2, 0.25) is 0 Å². The maximum Gasteiger partial charge on any atom is 0.307 e. The van der Waals surface area contributed by atoms with Crippen molar-refractivity contribution < 1.29 is 9.53 Å². The zero-order valence-corrected chi connectivity index (χ0v) is 13.0. The summed E-state index contributed by atoms with van der Waals surface area (Å²) in [6.07, 6.45) is 0.426. The quantitative estimate of drug-likeness (QED) is 0.431. The molecule has 1 aromatic rings. The van der Waals surface area contributed by atoms with Crippen LogP contribution in [-0.4, -0.2) is 10.1 Å². The normalized spacial score (nSPS) is 14.2. The molecule has 0 N–H and O–H groups in total. The number of alkyl halides is 1. The monoisotopic (exact) mass is 396 g/mol. The molecule has 4 heteroatoms. The predicted octanol–water partition coefficient (Wildman–Crippen LogP) is 4.27. The van der Waals surface area contributed by atoms with Crippen LogP contribution in [0, 0.1) is 0 Å². The number of carbonyl (C=O) groups excluding carboxylic acids is 1. The first-order chi connectivity index (χ1) is 7.49. The van der Waals surface area contributed by atoms with Gasteiger partial charge in [0.25, 0.3) is 0 Å². The van der Waals surface area contributed by atoms with Crippen molar-refractivity contribution in [2.75, 3.05) is 0 Å². The zero-order valence-electron chi connectivity index (χ0n) is 9.24. The number of halogens is 2. The van der Waals surface area contributed by atoms with E-state index in [0.717, 1.165) is 10.0 Å². The molecule has 1 aromatic carbocycles. The molecule has 0 amide bonds. The number of rotatable bonds is 4. The Labute approximate surface area is 118 Å². The van der Waals surface area contributed by atoms with Gasteiger partial charge in [0.1, 0.15) is 4.11 Å². The number of esters is 1. The molecule has 1 unspecified atom stereocenters. The van der Waals surface area contributed by atoms with Crippen LogP contribution in [-0.2, 0) is 9.53 Å². The van der Waals surface area contributed by atoms with Crippen LogP contribution in [0.2, 0.25) is 0 Å². The number of ether oxygens (including phenoxy) is 1. The Balaban J connectivity index is 2.55. The molecule has 1 rings (SSSR count). The average Bonchev–Trinajstić information content (AvgIpc) is 2.16. The van der Waals surface area contributed by atoms with Crippen LogP contribution in [0.3, 0.4) is 0 Å². The number of hydrogen-bond donors (Lipinski definition) is 0. The average molecular weight is 397 g/mol. The van der Waals surface area contributed by atoms with Crippen LogP contribution in [0.1, 0.15) is 31.7 Å². The van der Waals surface area contributed by atoms with Crippen molar-refractivity contribution in [3.63, 3.8) is 0 Å². The summed E-state index contributed by atoms with van der Waals surface area (Å²) in [7, 11) is 0. The Morgan fingerprint density at radius 3 is 2.44 bits per heavy atom. The van der Waals surface area contributed by atoms with E-state index in [0.29, 0.717) is 6.42 Å². The van der Waals surface area contributed by atoms with Gasteiger partial charge < -0.3 is 4.74 Å². The zero-order chi connectivity index (χ0) is 12.1. The van der Waals surface area contributed by atoms with Crippen molar-refractivity contribution in [1.29, 1.82) is 0 Å². The fourth-order valence-corrected chi connectivity index (χ4v) is 1.94. The fourth-order valence-electron chi connectivity index (χ4n) is 1.39. The minimum atomic E-state index is -0.141. The highest BCUT2D eigenvalue weighted by molar-refractivity contribution is 14.1. The first-order valence-corrected chi connectivity index (χ1v) is 7.12. The SMILES string of the molecule is CC(I)OC(=O)C[C@H](C)c1ccc(Br)cc1. The van der Waals surface area contributed by atoms with E-state index in [9.17, 15) is 4.79 Å². The smallest absolute Gasteiger partial charge is 0.307 e. The van der Waals surface area contributed by atoms with Crippen LogP contribution >= 0.6 is 38.5 Å². The van der Waals surface area contributed by atoms with Crippen molar-refractivity contribution in [3.05, 3.63) is 34.3 Å². The van der Waals surface area contributed by atoms with Crippen LogP contribution < -0.4 is 0 Å². The van der Waals surface area contributed by atoms with Gasteiger partial charge in [0, 0.05) is 4.47 Å². The van der Waals surface area contributed by atoms with E-state index in [4.69, 9.17) is 4.74 Å². The van der Waals surface area contributed by atoms with Crippen LogP contribution in [0.4, 0.5) is 0 Å². The van der Waals surface area contributed by atoms with Gasteiger partial charge in [-0.3, -0.25) is 4.79 Å². The Kier molecular flexibility index (Phi) is 5.75. The second kappa shape index (κ2) is 6.59. The van der Waals surface area contributed by atoms with Crippen molar-refractivity contribution in [2.24, 2.45) is 0 Å². The topological polar surface area (TPSA) is 26.3 Å². The second-order valence-corrected chi connectivity index (χ2v) is 6.36. The highest BCUT2D eigenvalue weighted by Gasteiger charge is 2.13. The molecule has 2 atom stereocenters. The third-order valence-corrected chi connectivity index (χ3v) is 2.99. The van der Waals surface area contributed by atoms with E-state index in [2.05, 4.69) is 38.5 Å². The molecule has 88 valence electrons. The molecule has 0 aromatic heterocycles. The van der Waals surface area contributed by atoms with Crippen molar-refractivity contribution >= 4 is 44.5 Å². The summed E-state index contributed by atoms with van der Waals surface area (Å²) in [5.74, 6) is 0.0491. The summed E-state index contributed by atoms with van der Waals surface area (Å²) in [4.78, 5) is 11.5. The second-order valence-electron chi connectivity index (χ2n) is 3.69. The minimum absolute atomic E-state index is 0.0674. The third-order valence-electron chi connectivity index (χ3n) is 2.21. The van der Waals surface area contributed by atoms with Crippen molar-refractivity contribution in [1.82, 2.24) is 0 Å². The van der Waals surface area contributed by atoms with Gasteiger partial charge in [0.05, 0.1) is 6.42 Å². The lowest BCUT2D eigenvalue weighted by molar-refractivity contribution is -0.144. The summed E-state index contributed by atoms with van der Waals surface area (Å²) in [5, 5.41) is 0. The van der Waals surface area contributed by atoms with Crippen molar-refractivity contribution in [2.45, 2.75) is 30.3 Å². The molecule has 0 heterocycles. The van der Waals surface area contributed by atoms with Crippen molar-refractivity contribution in [3.8, 4) is 0 Å². The molecule has 0 fully saturated rings.